The van der Waals surface area contributed by atoms with Gasteiger partial charge < -0.3 is 5.32 Å². The van der Waals surface area contributed by atoms with Crippen molar-refractivity contribution in [1.82, 2.24) is 9.71 Å². The number of aryl methyl sites for hydroxylation is 4. The van der Waals surface area contributed by atoms with Gasteiger partial charge in [0.05, 0.1) is 4.90 Å². The molecule has 24 heavy (non-hydrogen) atoms. The number of benzene rings is 1. The SMILES string of the molecule is Cc1cc(C)c(S(=O)(=O)NCCC(=O)Nc2ncc(C)s2)c(C)c1. The molecule has 0 aliphatic rings. The maximum absolute atomic E-state index is 12.5. The minimum Gasteiger partial charge on any atom is -0.302 e. The normalized spacial score (nSPS) is 11.5. The standard InChI is InChI=1S/C16H21N3O3S2/c1-10-7-11(2)15(12(3)8-10)24(21,22)18-6-5-14(20)19-16-17-9-13(4)23-16/h7-9,18H,5-6H2,1-4H3,(H,17,19,20). The third kappa shape index (κ3) is 4.62. The molecule has 8 heteroatoms. The van der Waals surface area contributed by atoms with Crippen LogP contribution in [0.5, 0.6) is 0 Å². The van der Waals surface area contributed by atoms with Crippen LogP contribution in [-0.2, 0) is 14.8 Å². The van der Waals surface area contributed by atoms with Crippen molar-refractivity contribution in [3.05, 3.63) is 39.9 Å². The number of amides is 1. The van der Waals surface area contributed by atoms with E-state index >= 15 is 0 Å². The molecule has 130 valence electrons. The molecule has 0 spiro atoms. The van der Waals surface area contributed by atoms with Crippen molar-refractivity contribution < 1.29 is 13.2 Å². The van der Waals surface area contributed by atoms with Gasteiger partial charge in [0.2, 0.25) is 15.9 Å². The highest BCUT2D eigenvalue weighted by atomic mass is 32.2. The molecular formula is C16H21N3O3S2. The van der Waals surface area contributed by atoms with Crippen molar-refractivity contribution in [1.29, 1.82) is 0 Å². The van der Waals surface area contributed by atoms with E-state index in [4.69, 9.17) is 0 Å². The van der Waals surface area contributed by atoms with E-state index in [1.54, 1.807) is 20.0 Å². The number of aromatic nitrogens is 1. The number of carbonyl (C=O) groups excluding carboxylic acids is 1. The summed E-state index contributed by atoms with van der Waals surface area (Å²) in [6.07, 6.45) is 1.72. The highest BCUT2D eigenvalue weighted by Crippen LogP contribution is 2.21. The lowest BCUT2D eigenvalue weighted by atomic mass is 10.1. The molecule has 1 heterocycles. The topological polar surface area (TPSA) is 88.2 Å². The van der Waals surface area contributed by atoms with E-state index in [-0.39, 0.29) is 23.8 Å². The van der Waals surface area contributed by atoms with Gasteiger partial charge in [0.1, 0.15) is 0 Å². The van der Waals surface area contributed by atoms with Gasteiger partial charge in [0.15, 0.2) is 5.13 Å². The Morgan fingerprint density at radius 2 is 1.79 bits per heavy atom. The molecule has 0 saturated carbocycles. The van der Waals surface area contributed by atoms with E-state index in [1.807, 2.05) is 26.0 Å². The molecule has 0 saturated heterocycles. The van der Waals surface area contributed by atoms with Crippen LogP contribution < -0.4 is 10.0 Å². The lowest BCUT2D eigenvalue weighted by Crippen LogP contribution is -2.29. The first-order valence-corrected chi connectivity index (χ1v) is 9.79. The molecule has 0 atom stereocenters. The summed E-state index contributed by atoms with van der Waals surface area (Å²) in [7, 11) is -3.65. The number of hydrogen-bond donors (Lipinski definition) is 2. The summed E-state index contributed by atoms with van der Waals surface area (Å²) in [4.78, 5) is 17.2. The molecule has 0 aliphatic heterocycles. The van der Waals surface area contributed by atoms with Crippen LogP contribution in [0.4, 0.5) is 5.13 Å². The summed E-state index contributed by atoms with van der Waals surface area (Å²) < 4.78 is 27.4. The second-order valence-electron chi connectivity index (χ2n) is 5.70. The van der Waals surface area contributed by atoms with Crippen molar-refractivity contribution >= 4 is 32.4 Å². The number of sulfonamides is 1. The third-order valence-electron chi connectivity index (χ3n) is 3.39. The maximum Gasteiger partial charge on any atom is 0.241 e. The number of hydrogen-bond acceptors (Lipinski definition) is 5. The molecule has 2 rings (SSSR count). The summed E-state index contributed by atoms with van der Waals surface area (Å²) in [5.74, 6) is -0.274. The molecule has 0 aliphatic carbocycles. The first-order valence-electron chi connectivity index (χ1n) is 7.49. The van der Waals surface area contributed by atoms with E-state index in [0.717, 1.165) is 10.4 Å². The van der Waals surface area contributed by atoms with Crippen LogP contribution in [-0.4, -0.2) is 25.9 Å². The summed E-state index contributed by atoms with van der Waals surface area (Å²) in [5, 5.41) is 3.17. The van der Waals surface area contributed by atoms with Crippen LogP contribution in [0.25, 0.3) is 0 Å². The zero-order chi connectivity index (χ0) is 17.9. The summed E-state index contributed by atoms with van der Waals surface area (Å²) in [6, 6.07) is 3.66. The van der Waals surface area contributed by atoms with Crippen LogP contribution in [0, 0.1) is 27.7 Å². The lowest BCUT2D eigenvalue weighted by Gasteiger charge is -2.13. The molecule has 0 bridgehead atoms. The van der Waals surface area contributed by atoms with E-state index in [2.05, 4.69) is 15.0 Å². The van der Waals surface area contributed by atoms with Gasteiger partial charge in [-0.1, -0.05) is 17.7 Å². The Bertz CT molecular complexity index is 834. The van der Waals surface area contributed by atoms with Crippen LogP contribution >= 0.6 is 11.3 Å². The number of thiazole rings is 1. The maximum atomic E-state index is 12.5. The minimum absolute atomic E-state index is 0.0330. The van der Waals surface area contributed by atoms with Crippen LogP contribution in [0.3, 0.4) is 0 Å². The number of nitrogens with one attached hydrogen (secondary N) is 2. The van der Waals surface area contributed by atoms with Crippen LogP contribution in [0.15, 0.2) is 23.2 Å². The Morgan fingerprint density at radius 1 is 1.17 bits per heavy atom. The number of nitrogens with zero attached hydrogens (tertiary/aromatic N) is 1. The molecule has 0 radical (unpaired) electrons. The number of rotatable bonds is 6. The predicted octanol–water partition coefficient (Wildman–Crippen LogP) is 2.68. The molecule has 0 unspecified atom stereocenters. The zero-order valence-corrected chi connectivity index (χ0v) is 15.8. The van der Waals surface area contributed by atoms with Gasteiger partial charge in [-0.2, -0.15) is 0 Å². The van der Waals surface area contributed by atoms with Crippen molar-refractivity contribution in [2.75, 3.05) is 11.9 Å². The smallest absolute Gasteiger partial charge is 0.241 e. The largest absolute Gasteiger partial charge is 0.302 e. The fourth-order valence-electron chi connectivity index (χ4n) is 2.56. The summed E-state index contributed by atoms with van der Waals surface area (Å²) in [6.45, 7) is 7.39. The summed E-state index contributed by atoms with van der Waals surface area (Å²) in [5.41, 5.74) is 2.41. The molecule has 1 aromatic carbocycles. The zero-order valence-electron chi connectivity index (χ0n) is 14.1. The van der Waals surface area contributed by atoms with Gasteiger partial charge in [-0.25, -0.2) is 18.1 Å². The van der Waals surface area contributed by atoms with Crippen LogP contribution in [0.2, 0.25) is 0 Å². The summed E-state index contributed by atoms with van der Waals surface area (Å²) >= 11 is 1.38. The molecular weight excluding hydrogens is 346 g/mol. The van der Waals surface area contributed by atoms with Gasteiger partial charge in [-0.15, -0.1) is 11.3 Å². The van der Waals surface area contributed by atoms with Gasteiger partial charge in [-0.3, -0.25) is 4.79 Å². The Morgan fingerprint density at radius 3 is 2.33 bits per heavy atom. The molecule has 1 aromatic heterocycles. The third-order valence-corrected chi connectivity index (χ3v) is 5.98. The molecule has 6 nitrogen and oxygen atoms in total. The Balaban J connectivity index is 1.97. The van der Waals surface area contributed by atoms with Gasteiger partial charge in [0, 0.05) is 24.0 Å². The van der Waals surface area contributed by atoms with E-state index < -0.39 is 10.0 Å². The van der Waals surface area contributed by atoms with Crippen molar-refractivity contribution in [2.45, 2.75) is 39.0 Å². The molecule has 2 N–H and O–H groups in total. The number of carbonyl (C=O) groups is 1. The fourth-order valence-corrected chi connectivity index (χ4v) is 4.72. The Hall–Kier alpha value is -1.77. The quantitative estimate of drug-likeness (QED) is 0.822. The van der Waals surface area contributed by atoms with Gasteiger partial charge >= 0.3 is 0 Å². The van der Waals surface area contributed by atoms with E-state index in [0.29, 0.717) is 16.3 Å². The van der Waals surface area contributed by atoms with Crippen molar-refractivity contribution in [3.63, 3.8) is 0 Å². The highest BCUT2D eigenvalue weighted by Gasteiger charge is 2.19. The van der Waals surface area contributed by atoms with E-state index in [9.17, 15) is 13.2 Å². The van der Waals surface area contributed by atoms with Gasteiger partial charge in [-0.05, 0) is 38.8 Å². The van der Waals surface area contributed by atoms with Gasteiger partial charge in [0.25, 0.3) is 0 Å². The fraction of sp³-hybridized carbons (Fsp3) is 0.375. The highest BCUT2D eigenvalue weighted by molar-refractivity contribution is 7.89. The minimum atomic E-state index is -3.65. The molecule has 2 aromatic rings. The lowest BCUT2D eigenvalue weighted by molar-refractivity contribution is -0.116. The Kier molecular flexibility index (Phi) is 5.74. The average molecular weight is 367 g/mol. The predicted molar refractivity (Wildman–Crippen MR) is 95.9 cm³/mol. The Labute approximate surface area is 146 Å². The monoisotopic (exact) mass is 367 g/mol. The molecule has 0 fully saturated rings. The molecule has 1 amide bonds. The first kappa shape index (κ1) is 18.6. The van der Waals surface area contributed by atoms with Crippen molar-refractivity contribution in [3.8, 4) is 0 Å². The second kappa shape index (κ2) is 7.42. The van der Waals surface area contributed by atoms with Crippen LogP contribution in [0.1, 0.15) is 28.0 Å². The average Bonchev–Trinajstić information content (AvgIpc) is 2.81. The van der Waals surface area contributed by atoms with E-state index in [1.165, 1.54) is 11.3 Å². The van der Waals surface area contributed by atoms with Crippen molar-refractivity contribution in [2.24, 2.45) is 0 Å². The second-order valence-corrected chi connectivity index (χ2v) is 8.64. The number of anilines is 1. The first-order chi connectivity index (χ1) is 11.2.